The number of rotatable bonds is 8. The van der Waals surface area contributed by atoms with Crippen molar-refractivity contribution in [2.45, 2.75) is 0 Å². The van der Waals surface area contributed by atoms with Crippen LogP contribution in [0, 0.1) is 21.7 Å². The lowest BCUT2D eigenvalue weighted by Gasteiger charge is -2.13. The molecule has 1 amide bonds. The minimum absolute atomic E-state index is 0.0491. The highest BCUT2D eigenvalue weighted by Crippen LogP contribution is 2.26. The van der Waals surface area contributed by atoms with Gasteiger partial charge in [0.25, 0.3) is 5.69 Å². The number of aliphatic hydroxyl groups excluding tert-OH is 1. The van der Waals surface area contributed by atoms with Crippen molar-refractivity contribution in [2.24, 2.45) is 0 Å². The molecule has 8 nitrogen and oxygen atoms in total. The quantitative estimate of drug-likeness (QED) is 0.421. The zero-order chi connectivity index (χ0) is 19.1. The van der Waals surface area contributed by atoms with Crippen molar-refractivity contribution in [2.75, 3.05) is 35.6 Å². The molecule has 0 saturated carbocycles. The third-order valence-electron chi connectivity index (χ3n) is 3.23. The predicted molar refractivity (Wildman–Crippen MR) is 92.1 cm³/mol. The number of aliphatic hydroxyl groups is 1. The molecule has 138 valence electrons. The van der Waals surface area contributed by atoms with Gasteiger partial charge in [-0.25, -0.2) is 8.78 Å². The second-order valence-corrected chi connectivity index (χ2v) is 5.20. The number of nitro benzene ring substituents is 1. The van der Waals surface area contributed by atoms with E-state index in [1.807, 2.05) is 0 Å². The summed E-state index contributed by atoms with van der Waals surface area (Å²) in [6, 6.07) is 6.55. The van der Waals surface area contributed by atoms with Gasteiger partial charge in [0.1, 0.15) is 11.6 Å². The number of carbonyl (C=O) groups excluding carboxylic acids is 1. The van der Waals surface area contributed by atoms with Crippen molar-refractivity contribution in [3.05, 3.63) is 58.1 Å². The Morgan fingerprint density at radius 2 is 1.77 bits per heavy atom. The molecular weight excluding hydrogens is 350 g/mol. The number of hydrogen-bond donors (Lipinski definition) is 4. The first-order chi connectivity index (χ1) is 12.4. The third kappa shape index (κ3) is 5.38. The number of carbonyl (C=O) groups is 1. The van der Waals surface area contributed by atoms with Crippen molar-refractivity contribution in [1.82, 2.24) is 0 Å². The van der Waals surface area contributed by atoms with Crippen molar-refractivity contribution < 1.29 is 23.6 Å². The Bertz CT molecular complexity index is 797. The summed E-state index contributed by atoms with van der Waals surface area (Å²) in [5.74, 6) is -2.26. The van der Waals surface area contributed by atoms with E-state index in [2.05, 4.69) is 16.0 Å². The molecule has 0 fully saturated rings. The molecule has 2 aromatic carbocycles. The van der Waals surface area contributed by atoms with Gasteiger partial charge in [0.2, 0.25) is 5.91 Å². The fraction of sp³-hybridized carbons (Fsp3) is 0.188. The minimum atomic E-state index is -0.831. The molecule has 0 unspecified atom stereocenters. The number of nitrogens with zero attached hydrogens (tertiary/aromatic N) is 1. The molecular formula is C16H16F2N4O4. The van der Waals surface area contributed by atoms with Gasteiger partial charge in [-0.1, -0.05) is 0 Å². The van der Waals surface area contributed by atoms with E-state index >= 15 is 0 Å². The van der Waals surface area contributed by atoms with Crippen LogP contribution in [0.5, 0.6) is 0 Å². The van der Waals surface area contributed by atoms with Crippen LogP contribution in [0.25, 0.3) is 0 Å². The monoisotopic (exact) mass is 366 g/mol. The van der Waals surface area contributed by atoms with Crippen LogP contribution in [0.2, 0.25) is 0 Å². The normalized spacial score (nSPS) is 10.3. The Labute approximate surface area is 147 Å². The van der Waals surface area contributed by atoms with Crippen LogP contribution in [-0.2, 0) is 4.79 Å². The molecule has 0 aliphatic heterocycles. The van der Waals surface area contributed by atoms with Crippen molar-refractivity contribution >= 4 is 28.7 Å². The first kappa shape index (κ1) is 19.1. The zero-order valence-corrected chi connectivity index (χ0v) is 13.5. The SMILES string of the molecule is O=C(CNc1cc([N+](=O)[O-])ccc1NCCO)Nc1cc(F)cc(F)c1. The van der Waals surface area contributed by atoms with E-state index in [0.29, 0.717) is 11.8 Å². The van der Waals surface area contributed by atoms with Crippen LogP contribution in [0.4, 0.5) is 31.5 Å². The summed E-state index contributed by atoms with van der Waals surface area (Å²) in [7, 11) is 0. The van der Waals surface area contributed by atoms with Crippen molar-refractivity contribution in [3.8, 4) is 0 Å². The topological polar surface area (TPSA) is 117 Å². The van der Waals surface area contributed by atoms with Gasteiger partial charge < -0.3 is 21.1 Å². The molecule has 0 aliphatic rings. The van der Waals surface area contributed by atoms with E-state index in [9.17, 15) is 23.7 Å². The molecule has 0 atom stereocenters. The number of anilines is 3. The molecule has 0 radical (unpaired) electrons. The summed E-state index contributed by atoms with van der Waals surface area (Å²) in [6.07, 6.45) is 0. The molecule has 0 spiro atoms. The lowest BCUT2D eigenvalue weighted by atomic mass is 10.2. The van der Waals surface area contributed by atoms with Crippen LogP contribution >= 0.6 is 0 Å². The number of nitro groups is 1. The third-order valence-corrected chi connectivity index (χ3v) is 3.23. The van der Waals surface area contributed by atoms with Crippen LogP contribution in [0.3, 0.4) is 0 Å². The smallest absolute Gasteiger partial charge is 0.271 e. The maximum atomic E-state index is 13.1. The molecule has 10 heteroatoms. The molecule has 4 N–H and O–H groups in total. The van der Waals surface area contributed by atoms with Gasteiger partial charge in [0.05, 0.1) is 29.4 Å². The van der Waals surface area contributed by atoms with Crippen LogP contribution in [0.1, 0.15) is 0 Å². The number of halogens is 2. The van der Waals surface area contributed by atoms with E-state index in [1.165, 1.54) is 18.2 Å². The largest absolute Gasteiger partial charge is 0.395 e. The van der Waals surface area contributed by atoms with Gasteiger partial charge in [-0.05, 0) is 18.2 Å². The molecule has 0 heterocycles. The van der Waals surface area contributed by atoms with Crippen LogP contribution < -0.4 is 16.0 Å². The fourth-order valence-electron chi connectivity index (χ4n) is 2.14. The fourth-order valence-corrected chi connectivity index (χ4v) is 2.14. The van der Waals surface area contributed by atoms with Gasteiger partial charge in [0, 0.05) is 30.4 Å². The van der Waals surface area contributed by atoms with E-state index in [4.69, 9.17) is 5.11 Å². The van der Waals surface area contributed by atoms with Crippen LogP contribution in [0.15, 0.2) is 36.4 Å². The molecule has 26 heavy (non-hydrogen) atoms. The zero-order valence-electron chi connectivity index (χ0n) is 13.5. The first-order valence-electron chi connectivity index (χ1n) is 7.52. The van der Waals surface area contributed by atoms with Gasteiger partial charge in [-0.3, -0.25) is 14.9 Å². The highest BCUT2D eigenvalue weighted by atomic mass is 19.1. The molecule has 0 aromatic heterocycles. The summed E-state index contributed by atoms with van der Waals surface area (Å²) in [6.45, 7) is -0.240. The Morgan fingerprint density at radius 1 is 1.08 bits per heavy atom. The highest BCUT2D eigenvalue weighted by molar-refractivity contribution is 5.94. The van der Waals surface area contributed by atoms with Crippen LogP contribution in [-0.4, -0.2) is 35.6 Å². The van der Waals surface area contributed by atoms with Gasteiger partial charge >= 0.3 is 0 Å². The van der Waals surface area contributed by atoms with Crippen molar-refractivity contribution in [3.63, 3.8) is 0 Å². The Hall–Kier alpha value is -3.27. The summed E-state index contributed by atoms with van der Waals surface area (Å²) in [5, 5.41) is 27.6. The lowest BCUT2D eigenvalue weighted by Crippen LogP contribution is -2.22. The number of non-ortho nitro benzene ring substituents is 1. The number of amides is 1. The maximum Gasteiger partial charge on any atom is 0.271 e. The summed E-state index contributed by atoms with van der Waals surface area (Å²) in [5.41, 5.74) is 0.490. The number of nitrogens with one attached hydrogen (secondary N) is 3. The van der Waals surface area contributed by atoms with E-state index < -0.39 is 22.5 Å². The van der Waals surface area contributed by atoms with E-state index in [0.717, 1.165) is 12.1 Å². The maximum absolute atomic E-state index is 13.1. The van der Waals surface area contributed by atoms with Gasteiger partial charge in [-0.15, -0.1) is 0 Å². The average Bonchev–Trinajstić information content (AvgIpc) is 2.57. The summed E-state index contributed by atoms with van der Waals surface area (Å²) in [4.78, 5) is 22.2. The molecule has 0 bridgehead atoms. The average molecular weight is 366 g/mol. The van der Waals surface area contributed by atoms with E-state index in [-0.39, 0.29) is 36.8 Å². The standard InChI is InChI=1S/C16H16F2N4O4/c17-10-5-11(18)7-12(6-10)21-16(24)9-20-15-8-13(22(25)26)1-2-14(15)19-3-4-23/h1-2,5-8,19-20,23H,3-4,9H2,(H,21,24). The van der Waals surface area contributed by atoms with Gasteiger partial charge in [0.15, 0.2) is 0 Å². The predicted octanol–water partition coefficient (Wildman–Crippen LogP) is 2.33. The highest BCUT2D eigenvalue weighted by Gasteiger charge is 2.12. The lowest BCUT2D eigenvalue weighted by molar-refractivity contribution is -0.384. The van der Waals surface area contributed by atoms with Gasteiger partial charge in [-0.2, -0.15) is 0 Å². The summed E-state index contributed by atoms with van der Waals surface area (Å²) >= 11 is 0. The summed E-state index contributed by atoms with van der Waals surface area (Å²) < 4.78 is 26.2. The Balaban J connectivity index is 2.07. The molecule has 2 rings (SSSR count). The second-order valence-electron chi connectivity index (χ2n) is 5.20. The molecule has 2 aromatic rings. The molecule has 0 saturated heterocycles. The van der Waals surface area contributed by atoms with E-state index in [1.54, 1.807) is 0 Å². The Morgan fingerprint density at radius 3 is 2.38 bits per heavy atom. The number of hydrogen-bond acceptors (Lipinski definition) is 6. The first-order valence-corrected chi connectivity index (χ1v) is 7.52. The second kappa shape index (κ2) is 8.72. The minimum Gasteiger partial charge on any atom is -0.395 e. The van der Waals surface area contributed by atoms with Crippen molar-refractivity contribution in [1.29, 1.82) is 0 Å². The number of benzene rings is 2. The molecule has 0 aliphatic carbocycles. The Kier molecular flexibility index (Phi) is 6.39.